The van der Waals surface area contributed by atoms with Gasteiger partial charge in [0.05, 0.1) is 28.5 Å². The molecule has 2 aromatic heterocycles. The number of nitrogens with one attached hydrogen (secondary N) is 3. The largest absolute Gasteiger partial charge is 0.352 e. The number of amides is 1. The molecule has 2 heterocycles. The van der Waals surface area contributed by atoms with Crippen molar-refractivity contribution in [1.29, 1.82) is 0 Å². The summed E-state index contributed by atoms with van der Waals surface area (Å²) in [4.78, 5) is 28.6. The molecule has 3 aromatic carbocycles. The highest BCUT2D eigenvalue weighted by atomic mass is 16.1. The molecule has 5 N–H and O–H groups in total. The number of aromatic amines is 2. The van der Waals surface area contributed by atoms with Gasteiger partial charge in [-0.05, 0) is 54.3 Å². The Morgan fingerprint density at radius 3 is 2.27 bits per heavy atom. The van der Waals surface area contributed by atoms with Crippen molar-refractivity contribution in [3.05, 3.63) is 95.1 Å². The number of aryl methyl sites for hydroxylation is 1. The second kappa shape index (κ2) is 9.26. The standard InChI is InChI=1S/C26H26N6O/c27-16-18-8-10-20-22(13-18)31-24(29-20)15-25-30-21-11-9-19(14-23(21)32-25)26(33)28-12-4-7-17-5-2-1-3-6-17/h1-3,5-6,8-11,13-14H,4,7,12,15-16,27H2,(H,28,33)(H,29,31)(H,30,32). The average Bonchev–Trinajstić information content (AvgIpc) is 3.44. The number of nitrogens with zero attached hydrogens (tertiary/aromatic N) is 2. The molecule has 7 nitrogen and oxygen atoms in total. The van der Waals surface area contributed by atoms with Gasteiger partial charge in [-0.2, -0.15) is 0 Å². The van der Waals surface area contributed by atoms with Gasteiger partial charge in [0.1, 0.15) is 11.6 Å². The summed E-state index contributed by atoms with van der Waals surface area (Å²) in [6, 6.07) is 21.8. The Kier molecular flexibility index (Phi) is 5.87. The molecule has 5 aromatic rings. The van der Waals surface area contributed by atoms with E-state index in [4.69, 9.17) is 5.73 Å². The van der Waals surface area contributed by atoms with Gasteiger partial charge in [0.15, 0.2) is 0 Å². The van der Waals surface area contributed by atoms with E-state index >= 15 is 0 Å². The first-order valence-corrected chi connectivity index (χ1v) is 11.2. The van der Waals surface area contributed by atoms with Crippen LogP contribution >= 0.6 is 0 Å². The lowest BCUT2D eigenvalue weighted by Gasteiger charge is -2.05. The van der Waals surface area contributed by atoms with E-state index in [1.165, 1.54) is 5.56 Å². The van der Waals surface area contributed by atoms with Gasteiger partial charge in [-0.25, -0.2) is 9.97 Å². The Bertz CT molecular complexity index is 1400. The van der Waals surface area contributed by atoms with Crippen LogP contribution in [0.25, 0.3) is 22.1 Å². The third-order valence-corrected chi connectivity index (χ3v) is 5.73. The molecule has 0 bridgehead atoms. The van der Waals surface area contributed by atoms with Gasteiger partial charge >= 0.3 is 0 Å². The number of imidazole rings is 2. The fourth-order valence-electron chi connectivity index (χ4n) is 4.00. The van der Waals surface area contributed by atoms with Crippen molar-refractivity contribution in [2.24, 2.45) is 5.73 Å². The lowest BCUT2D eigenvalue weighted by molar-refractivity contribution is 0.0953. The number of nitrogens with two attached hydrogens (primary N) is 1. The van der Waals surface area contributed by atoms with Crippen LogP contribution in [-0.4, -0.2) is 32.4 Å². The van der Waals surface area contributed by atoms with Crippen LogP contribution in [-0.2, 0) is 19.4 Å². The molecule has 7 heteroatoms. The van der Waals surface area contributed by atoms with Crippen LogP contribution in [0.1, 0.15) is 39.6 Å². The van der Waals surface area contributed by atoms with Gasteiger partial charge < -0.3 is 21.0 Å². The Balaban J connectivity index is 1.23. The third-order valence-electron chi connectivity index (χ3n) is 5.73. The minimum Gasteiger partial charge on any atom is -0.352 e. The van der Waals surface area contributed by atoms with Crippen LogP contribution in [0.4, 0.5) is 0 Å². The molecule has 0 atom stereocenters. The van der Waals surface area contributed by atoms with Crippen molar-refractivity contribution < 1.29 is 4.79 Å². The van der Waals surface area contributed by atoms with Crippen molar-refractivity contribution in [2.75, 3.05) is 6.54 Å². The molecule has 0 unspecified atom stereocenters. The molecular weight excluding hydrogens is 412 g/mol. The highest BCUT2D eigenvalue weighted by Gasteiger charge is 2.11. The average molecular weight is 439 g/mol. The summed E-state index contributed by atoms with van der Waals surface area (Å²) in [7, 11) is 0. The predicted molar refractivity (Wildman–Crippen MR) is 130 cm³/mol. The van der Waals surface area contributed by atoms with Crippen LogP contribution in [0, 0.1) is 0 Å². The SMILES string of the molecule is NCc1ccc2[nH]c(Cc3nc4cc(C(=O)NCCCc5ccccc5)ccc4[nH]3)nc2c1. The minimum absolute atomic E-state index is 0.0810. The van der Waals surface area contributed by atoms with E-state index in [-0.39, 0.29) is 5.91 Å². The Morgan fingerprint density at radius 2 is 1.55 bits per heavy atom. The summed E-state index contributed by atoms with van der Waals surface area (Å²) in [5, 5.41) is 3.00. The number of hydrogen-bond donors (Lipinski definition) is 4. The number of rotatable bonds is 8. The summed E-state index contributed by atoms with van der Waals surface area (Å²) in [6.07, 6.45) is 2.38. The van der Waals surface area contributed by atoms with E-state index in [2.05, 4.69) is 37.4 Å². The number of H-pyrrole nitrogens is 2. The summed E-state index contributed by atoms with van der Waals surface area (Å²) in [5.41, 5.74) is 12.2. The lowest BCUT2D eigenvalue weighted by Crippen LogP contribution is -2.24. The van der Waals surface area contributed by atoms with Crippen molar-refractivity contribution in [2.45, 2.75) is 25.8 Å². The van der Waals surface area contributed by atoms with Gasteiger partial charge in [-0.1, -0.05) is 36.4 Å². The Labute approximate surface area is 191 Å². The molecule has 0 aliphatic heterocycles. The summed E-state index contributed by atoms with van der Waals surface area (Å²) in [5.74, 6) is 1.54. The molecule has 33 heavy (non-hydrogen) atoms. The molecule has 0 aliphatic rings. The predicted octanol–water partition coefficient (Wildman–Crippen LogP) is 3.85. The normalized spacial score (nSPS) is 11.3. The van der Waals surface area contributed by atoms with E-state index < -0.39 is 0 Å². The molecule has 0 radical (unpaired) electrons. The first-order chi connectivity index (χ1) is 16.2. The van der Waals surface area contributed by atoms with E-state index in [1.54, 1.807) is 0 Å². The van der Waals surface area contributed by atoms with Crippen LogP contribution in [0.2, 0.25) is 0 Å². The zero-order valence-corrected chi connectivity index (χ0v) is 18.3. The zero-order valence-electron chi connectivity index (χ0n) is 18.3. The van der Waals surface area contributed by atoms with Gasteiger partial charge in [0.25, 0.3) is 5.91 Å². The van der Waals surface area contributed by atoms with Gasteiger partial charge in [-0.3, -0.25) is 4.79 Å². The maximum absolute atomic E-state index is 12.6. The topological polar surface area (TPSA) is 112 Å². The molecule has 0 spiro atoms. The Hall–Kier alpha value is -3.97. The first kappa shape index (κ1) is 20.9. The second-order valence-corrected chi connectivity index (χ2v) is 8.18. The maximum atomic E-state index is 12.6. The summed E-state index contributed by atoms with van der Waals surface area (Å²) >= 11 is 0. The lowest BCUT2D eigenvalue weighted by atomic mass is 10.1. The van der Waals surface area contributed by atoms with E-state index in [9.17, 15) is 4.79 Å². The first-order valence-electron chi connectivity index (χ1n) is 11.2. The second-order valence-electron chi connectivity index (χ2n) is 8.18. The molecule has 0 fully saturated rings. The number of carbonyl (C=O) groups is 1. The summed E-state index contributed by atoms with van der Waals surface area (Å²) in [6.45, 7) is 1.13. The zero-order chi connectivity index (χ0) is 22.6. The minimum atomic E-state index is -0.0810. The van der Waals surface area contributed by atoms with E-state index in [0.29, 0.717) is 25.1 Å². The molecule has 0 saturated heterocycles. The number of hydrogen-bond acceptors (Lipinski definition) is 4. The van der Waals surface area contributed by atoms with Crippen LogP contribution in [0.5, 0.6) is 0 Å². The fraction of sp³-hybridized carbons (Fsp3) is 0.192. The van der Waals surface area contributed by atoms with Crippen molar-refractivity contribution >= 4 is 28.0 Å². The molecule has 0 aliphatic carbocycles. The van der Waals surface area contributed by atoms with Crippen molar-refractivity contribution in [3.8, 4) is 0 Å². The highest BCUT2D eigenvalue weighted by molar-refractivity contribution is 5.97. The fourth-order valence-corrected chi connectivity index (χ4v) is 4.00. The molecule has 5 rings (SSSR count). The monoisotopic (exact) mass is 438 g/mol. The van der Waals surface area contributed by atoms with Crippen molar-refractivity contribution in [3.63, 3.8) is 0 Å². The maximum Gasteiger partial charge on any atom is 0.251 e. The van der Waals surface area contributed by atoms with Gasteiger partial charge in [-0.15, -0.1) is 0 Å². The third kappa shape index (κ3) is 4.78. The van der Waals surface area contributed by atoms with Gasteiger partial charge in [0.2, 0.25) is 0 Å². The van der Waals surface area contributed by atoms with Crippen LogP contribution < -0.4 is 11.1 Å². The quantitative estimate of drug-likeness (QED) is 0.276. The summed E-state index contributed by atoms with van der Waals surface area (Å²) < 4.78 is 0. The number of benzene rings is 3. The molecule has 1 amide bonds. The van der Waals surface area contributed by atoms with E-state index in [1.807, 2.05) is 54.6 Å². The smallest absolute Gasteiger partial charge is 0.251 e. The van der Waals surface area contributed by atoms with Crippen LogP contribution in [0.3, 0.4) is 0 Å². The van der Waals surface area contributed by atoms with Crippen molar-refractivity contribution in [1.82, 2.24) is 25.3 Å². The number of aromatic nitrogens is 4. The number of fused-ring (bicyclic) bond motifs is 2. The molecule has 0 saturated carbocycles. The molecular formula is C26H26N6O. The molecule has 166 valence electrons. The van der Waals surface area contributed by atoms with E-state index in [0.717, 1.165) is 52.1 Å². The highest BCUT2D eigenvalue weighted by Crippen LogP contribution is 2.18. The van der Waals surface area contributed by atoms with Crippen LogP contribution in [0.15, 0.2) is 66.7 Å². The number of carbonyl (C=O) groups excluding carboxylic acids is 1. The Morgan fingerprint density at radius 1 is 0.848 bits per heavy atom. The van der Waals surface area contributed by atoms with Gasteiger partial charge in [0, 0.05) is 18.7 Å².